The predicted molar refractivity (Wildman–Crippen MR) is 65.6 cm³/mol. The summed E-state index contributed by atoms with van der Waals surface area (Å²) in [5.74, 6) is 0.311. The zero-order valence-electron chi connectivity index (χ0n) is 10.2. The van der Waals surface area contributed by atoms with Crippen LogP contribution in [0.5, 0.6) is 5.75 Å². The lowest BCUT2D eigenvalue weighted by Gasteiger charge is -2.22. The van der Waals surface area contributed by atoms with Crippen LogP contribution in [-0.2, 0) is 4.74 Å². The largest absolute Gasteiger partial charge is 0.508 e. The summed E-state index contributed by atoms with van der Waals surface area (Å²) in [5.41, 5.74) is 1.09. The van der Waals surface area contributed by atoms with Crippen LogP contribution in [0.2, 0.25) is 0 Å². The lowest BCUT2D eigenvalue weighted by Crippen LogP contribution is -2.34. The molecule has 0 aliphatic rings. The molecule has 0 saturated heterocycles. The van der Waals surface area contributed by atoms with E-state index in [-0.39, 0.29) is 6.04 Å². The maximum atomic E-state index is 9.40. The predicted octanol–water partition coefficient (Wildman–Crippen LogP) is 2.47. The third-order valence-corrected chi connectivity index (χ3v) is 2.72. The number of aromatic hydroxyl groups is 1. The zero-order valence-corrected chi connectivity index (χ0v) is 10.2. The summed E-state index contributed by atoms with van der Waals surface area (Å²) >= 11 is 0. The van der Waals surface area contributed by atoms with E-state index in [0.29, 0.717) is 18.4 Å². The van der Waals surface area contributed by atoms with E-state index in [1.165, 1.54) is 0 Å². The van der Waals surface area contributed by atoms with Crippen molar-refractivity contribution >= 4 is 0 Å². The molecule has 0 aromatic heterocycles. The molecule has 0 bridgehead atoms. The van der Waals surface area contributed by atoms with Crippen LogP contribution in [0.25, 0.3) is 0 Å². The average Bonchev–Trinajstić information content (AvgIpc) is 2.28. The van der Waals surface area contributed by atoms with Crippen LogP contribution in [0, 0.1) is 0 Å². The summed E-state index contributed by atoms with van der Waals surface area (Å²) in [5, 5.41) is 12.9. The number of methoxy groups -OCH3 is 1. The number of hydrogen-bond donors (Lipinski definition) is 2. The smallest absolute Gasteiger partial charge is 0.115 e. The molecule has 3 heteroatoms. The van der Waals surface area contributed by atoms with Gasteiger partial charge in [-0.2, -0.15) is 0 Å². The number of nitrogens with one attached hydrogen (secondary N) is 1. The van der Waals surface area contributed by atoms with Crippen molar-refractivity contribution in [2.75, 3.05) is 13.7 Å². The van der Waals surface area contributed by atoms with Crippen LogP contribution in [0.1, 0.15) is 31.9 Å². The highest BCUT2D eigenvalue weighted by Gasteiger charge is 2.11. The van der Waals surface area contributed by atoms with Crippen LogP contribution in [0.4, 0.5) is 0 Å². The SMILES string of the molecule is CCC(COC)NC(C)c1cccc(O)c1. The molecule has 2 unspecified atom stereocenters. The molecule has 3 nitrogen and oxygen atoms in total. The summed E-state index contributed by atoms with van der Waals surface area (Å²) in [7, 11) is 1.71. The van der Waals surface area contributed by atoms with E-state index in [1.54, 1.807) is 19.2 Å². The van der Waals surface area contributed by atoms with Gasteiger partial charge < -0.3 is 15.2 Å². The highest BCUT2D eigenvalue weighted by Crippen LogP contribution is 2.18. The van der Waals surface area contributed by atoms with E-state index in [0.717, 1.165) is 12.0 Å². The molecule has 90 valence electrons. The highest BCUT2D eigenvalue weighted by molar-refractivity contribution is 5.29. The lowest BCUT2D eigenvalue weighted by atomic mass is 10.1. The fourth-order valence-electron chi connectivity index (χ4n) is 1.73. The minimum atomic E-state index is 0.215. The Bertz CT molecular complexity index is 315. The Kier molecular flexibility index (Phi) is 5.29. The van der Waals surface area contributed by atoms with Gasteiger partial charge in [-0.25, -0.2) is 0 Å². The molecule has 0 amide bonds. The van der Waals surface area contributed by atoms with Gasteiger partial charge in [-0.3, -0.25) is 0 Å². The van der Waals surface area contributed by atoms with E-state index < -0.39 is 0 Å². The van der Waals surface area contributed by atoms with Crippen molar-refractivity contribution in [2.24, 2.45) is 0 Å². The molecule has 0 heterocycles. The Morgan fingerprint density at radius 3 is 2.75 bits per heavy atom. The monoisotopic (exact) mass is 223 g/mol. The third kappa shape index (κ3) is 3.83. The second kappa shape index (κ2) is 6.51. The van der Waals surface area contributed by atoms with Gasteiger partial charge in [0.25, 0.3) is 0 Å². The summed E-state index contributed by atoms with van der Waals surface area (Å²) in [6.07, 6.45) is 1.02. The van der Waals surface area contributed by atoms with Gasteiger partial charge in [0.1, 0.15) is 5.75 Å². The summed E-state index contributed by atoms with van der Waals surface area (Å²) in [6, 6.07) is 7.91. The fourth-order valence-corrected chi connectivity index (χ4v) is 1.73. The maximum Gasteiger partial charge on any atom is 0.115 e. The molecule has 0 aliphatic heterocycles. The van der Waals surface area contributed by atoms with Crippen LogP contribution in [0.3, 0.4) is 0 Å². The summed E-state index contributed by atoms with van der Waals surface area (Å²) < 4.78 is 5.14. The van der Waals surface area contributed by atoms with Crippen molar-refractivity contribution in [3.05, 3.63) is 29.8 Å². The van der Waals surface area contributed by atoms with Gasteiger partial charge in [0, 0.05) is 19.2 Å². The van der Waals surface area contributed by atoms with Crippen molar-refractivity contribution < 1.29 is 9.84 Å². The van der Waals surface area contributed by atoms with Crippen molar-refractivity contribution in [3.63, 3.8) is 0 Å². The minimum Gasteiger partial charge on any atom is -0.508 e. The van der Waals surface area contributed by atoms with Gasteiger partial charge in [0.15, 0.2) is 0 Å². The van der Waals surface area contributed by atoms with Gasteiger partial charge in [0.05, 0.1) is 6.61 Å². The molecule has 0 spiro atoms. The highest BCUT2D eigenvalue weighted by atomic mass is 16.5. The van der Waals surface area contributed by atoms with E-state index in [1.807, 2.05) is 12.1 Å². The second-order valence-corrected chi connectivity index (χ2v) is 4.04. The number of benzene rings is 1. The van der Waals surface area contributed by atoms with E-state index in [9.17, 15) is 5.11 Å². The first kappa shape index (κ1) is 13.0. The van der Waals surface area contributed by atoms with Gasteiger partial charge in [-0.05, 0) is 31.0 Å². The standard InChI is InChI=1S/C13H21NO2/c1-4-12(9-16-3)14-10(2)11-6-5-7-13(15)8-11/h5-8,10,12,14-15H,4,9H2,1-3H3. The molecule has 1 aromatic rings. The summed E-state index contributed by atoms with van der Waals surface area (Å²) in [6.45, 7) is 4.93. The van der Waals surface area contributed by atoms with E-state index >= 15 is 0 Å². The quantitative estimate of drug-likeness (QED) is 0.778. The molecule has 0 fully saturated rings. The Morgan fingerprint density at radius 1 is 1.44 bits per heavy atom. The number of rotatable bonds is 6. The molecule has 2 N–H and O–H groups in total. The first-order chi connectivity index (χ1) is 7.67. The normalized spacial score (nSPS) is 14.7. The minimum absolute atomic E-state index is 0.215. The maximum absolute atomic E-state index is 9.40. The molecular weight excluding hydrogens is 202 g/mol. The van der Waals surface area contributed by atoms with Crippen LogP contribution in [-0.4, -0.2) is 24.9 Å². The van der Waals surface area contributed by atoms with E-state index in [4.69, 9.17) is 4.74 Å². The molecule has 0 saturated carbocycles. The fraction of sp³-hybridized carbons (Fsp3) is 0.538. The average molecular weight is 223 g/mol. The van der Waals surface area contributed by atoms with Crippen LogP contribution in [0.15, 0.2) is 24.3 Å². The Labute approximate surface area is 97.4 Å². The number of phenols is 1. The first-order valence-corrected chi connectivity index (χ1v) is 5.71. The molecular formula is C13H21NO2. The van der Waals surface area contributed by atoms with Crippen molar-refractivity contribution in [1.82, 2.24) is 5.32 Å². The number of phenolic OH excluding ortho intramolecular Hbond substituents is 1. The van der Waals surface area contributed by atoms with Gasteiger partial charge in [0.2, 0.25) is 0 Å². The van der Waals surface area contributed by atoms with E-state index in [2.05, 4.69) is 19.2 Å². The molecule has 1 rings (SSSR count). The van der Waals surface area contributed by atoms with Gasteiger partial charge >= 0.3 is 0 Å². The third-order valence-electron chi connectivity index (χ3n) is 2.72. The molecule has 0 radical (unpaired) electrons. The van der Waals surface area contributed by atoms with Crippen LogP contribution >= 0.6 is 0 Å². The zero-order chi connectivity index (χ0) is 12.0. The Hall–Kier alpha value is -1.06. The van der Waals surface area contributed by atoms with Crippen molar-refractivity contribution in [1.29, 1.82) is 0 Å². The lowest BCUT2D eigenvalue weighted by molar-refractivity contribution is 0.159. The number of ether oxygens (including phenoxy) is 1. The topological polar surface area (TPSA) is 41.5 Å². The second-order valence-electron chi connectivity index (χ2n) is 4.04. The molecule has 0 aliphatic carbocycles. The number of hydrogen-bond acceptors (Lipinski definition) is 3. The summed E-state index contributed by atoms with van der Waals surface area (Å²) in [4.78, 5) is 0. The molecule has 2 atom stereocenters. The van der Waals surface area contributed by atoms with Gasteiger partial charge in [-0.15, -0.1) is 0 Å². The van der Waals surface area contributed by atoms with Crippen molar-refractivity contribution in [3.8, 4) is 5.75 Å². The van der Waals surface area contributed by atoms with Gasteiger partial charge in [-0.1, -0.05) is 19.1 Å². The molecule has 16 heavy (non-hydrogen) atoms. The Morgan fingerprint density at radius 2 is 2.19 bits per heavy atom. The Balaban J connectivity index is 2.60. The molecule has 1 aromatic carbocycles. The first-order valence-electron chi connectivity index (χ1n) is 5.71. The van der Waals surface area contributed by atoms with Crippen molar-refractivity contribution in [2.45, 2.75) is 32.4 Å². The van der Waals surface area contributed by atoms with Crippen LogP contribution < -0.4 is 5.32 Å².